The van der Waals surface area contributed by atoms with Crippen molar-refractivity contribution < 1.29 is 4.39 Å². The Morgan fingerprint density at radius 2 is 2.00 bits per heavy atom. The molecule has 2 N–H and O–H groups in total. The van der Waals surface area contributed by atoms with Gasteiger partial charge in [-0.2, -0.15) is 5.10 Å². The van der Waals surface area contributed by atoms with Crippen LogP contribution in [-0.4, -0.2) is 10.2 Å². The van der Waals surface area contributed by atoms with Crippen LogP contribution in [0.15, 0.2) is 24.3 Å². The molecule has 17 heavy (non-hydrogen) atoms. The van der Waals surface area contributed by atoms with E-state index in [0.717, 1.165) is 17.1 Å². The van der Waals surface area contributed by atoms with Crippen molar-refractivity contribution in [3.05, 3.63) is 47.0 Å². The Balaban J connectivity index is 2.23. The lowest BCUT2D eigenvalue weighted by Crippen LogP contribution is -2.09. The highest BCUT2D eigenvalue weighted by Crippen LogP contribution is 2.24. The highest BCUT2D eigenvalue weighted by molar-refractivity contribution is 5.52. The van der Waals surface area contributed by atoms with Crippen LogP contribution < -0.4 is 5.32 Å². The number of nitrogens with zero attached hydrogens (tertiary/aromatic N) is 1. The molecule has 2 rings (SSSR count). The summed E-state index contributed by atoms with van der Waals surface area (Å²) in [5.41, 5.74) is 3.46. The topological polar surface area (TPSA) is 40.7 Å². The van der Waals surface area contributed by atoms with Gasteiger partial charge in [-0.3, -0.25) is 5.10 Å². The molecule has 3 nitrogen and oxygen atoms in total. The molecule has 0 aliphatic carbocycles. The highest BCUT2D eigenvalue weighted by Gasteiger charge is 2.13. The predicted octanol–water partition coefficient (Wildman–Crippen LogP) is 3.34. The number of H-pyrrole nitrogens is 1. The molecule has 0 fully saturated rings. The second-order valence-electron chi connectivity index (χ2n) is 4.20. The van der Waals surface area contributed by atoms with E-state index < -0.39 is 0 Å². The first kappa shape index (κ1) is 11.6. The Morgan fingerprint density at radius 3 is 2.59 bits per heavy atom. The van der Waals surface area contributed by atoms with Crippen molar-refractivity contribution in [3.63, 3.8) is 0 Å². The first-order chi connectivity index (χ1) is 8.09. The van der Waals surface area contributed by atoms with Crippen molar-refractivity contribution in [2.24, 2.45) is 0 Å². The van der Waals surface area contributed by atoms with Crippen LogP contribution in [0, 0.1) is 19.7 Å². The van der Waals surface area contributed by atoms with Crippen LogP contribution in [0.5, 0.6) is 0 Å². The lowest BCUT2D eigenvalue weighted by molar-refractivity contribution is 0.600. The number of halogens is 1. The molecule has 0 saturated carbocycles. The van der Waals surface area contributed by atoms with Crippen LogP contribution in [-0.2, 0) is 0 Å². The van der Waals surface area contributed by atoms with Gasteiger partial charge in [0, 0.05) is 5.56 Å². The Bertz CT molecular complexity index is 500. The van der Waals surface area contributed by atoms with E-state index in [1.54, 1.807) is 12.1 Å². The Kier molecular flexibility index (Phi) is 3.13. The quantitative estimate of drug-likeness (QED) is 0.853. The fourth-order valence-corrected chi connectivity index (χ4v) is 1.88. The Labute approximate surface area is 100 Å². The molecular formula is C13H16FN3. The molecule has 0 saturated heterocycles. The van der Waals surface area contributed by atoms with Gasteiger partial charge in [0.15, 0.2) is 0 Å². The number of aryl methyl sites for hydroxylation is 2. The summed E-state index contributed by atoms with van der Waals surface area (Å²) in [4.78, 5) is 0. The van der Waals surface area contributed by atoms with Gasteiger partial charge in [0.1, 0.15) is 5.82 Å². The molecule has 0 aliphatic rings. The van der Waals surface area contributed by atoms with E-state index >= 15 is 0 Å². The van der Waals surface area contributed by atoms with Crippen molar-refractivity contribution in [1.82, 2.24) is 10.2 Å². The molecular weight excluding hydrogens is 217 g/mol. The van der Waals surface area contributed by atoms with Crippen LogP contribution in [0.1, 0.15) is 29.9 Å². The maximum absolute atomic E-state index is 13.6. The summed E-state index contributed by atoms with van der Waals surface area (Å²) < 4.78 is 13.6. The van der Waals surface area contributed by atoms with E-state index in [-0.39, 0.29) is 11.9 Å². The molecule has 0 bridgehead atoms. The minimum atomic E-state index is -0.189. The minimum absolute atomic E-state index is 0.0915. The first-order valence-electron chi connectivity index (χ1n) is 5.62. The molecule has 1 aromatic heterocycles. The zero-order chi connectivity index (χ0) is 12.4. The van der Waals surface area contributed by atoms with Crippen LogP contribution >= 0.6 is 0 Å². The number of aromatic nitrogens is 2. The van der Waals surface area contributed by atoms with Crippen molar-refractivity contribution in [3.8, 4) is 0 Å². The van der Waals surface area contributed by atoms with Gasteiger partial charge in [-0.25, -0.2) is 4.39 Å². The third-order valence-corrected chi connectivity index (χ3v) is 2.86. The Hall–Kier alpha value is -1.84. The van der Waals surface area contributed by atoms with Crippen molar-refractivity contribution >= 4 is 5.69 Å². The zero-order valence-corrected chi connectivity index (χ0v) is 10.2. The number of anilines is 1. The van der Waals surface area contributed by atoms with Crippen molar-refractivity contribution in [2.75, 3.05) is 5.32 Å². The van der Waals surface area contributed by atoms with Crippen molar-refractivity contribution in [2.45, 2.75) is 26.8 Å². The van der Waals surface area contributed by atoms with Gasteiger partial charge in [-0.15, -0.1) is 0 Å². The van der Waals surface area contributed by atoms with Gasteiger partial charge >= 0.3 is 0 Å². The second-order valence-corrected chi connectivity index (χ2v) is 4.20. The smallest absolute Gasteiger partial charge is 0.128 e. The van der Waals surface area contributed by atoms with Crippen LogP contribution in [0.4, 0.5) is 10.1 Å². The van der Waals surface area contributed by atoms with Gasteiger partial charge < -0.3 is 5.32 Å². The number of benzene rings is 1. The molecule has 0 spiro atoms. The van der Waals surface area contributed by atoms with E-state index in [1.807, 2.05) is 26.8 Å². The summed E-state index contributed by atoms with van der Waals surface area (Å²) in [6.45, 7) is 5.79. The van der Waals surface area contributed by atoms with Gasteiger partial charge in [-0.1, -0.05) is 18.2 Å². The summed E-state index contributed by atoms with van der Waals surface area (Å²) in [6, 6.07) is 6.71. The second kappa shape index (κ2) is 4.57. The molecule has 1 atom stereocenters. The molecule has 4 heteroatoms. The molecule has 0 aliphatic heterocycles. The van der Waals surface area contributed by atoms with Gasteiger partial charge in [0.25, 0.3) is 0 Å². The van der Waals surface area contributed by atoms with E-state index in [2.05, 4.69) is 15.5 Å². The normalized spacial score (nSPS) is 12.5. The van der Waals surface area contributed by atoms with Gasteiger partial charge in [0.05, 0.1) is 23.1 Å². The third-order valence-electron chi connectivity index (χ3n) is 2.86. The molecule has 2 aromatic rings. The Morgan fingerprint density at radius 1 is 1.29 bits per heavy atom. The summed E-state index contributed by atoms with van der Waals surface area (Å²) in [7, 11) is 0. The van der Waals surface area contributed by atoms with Gasteiger partial charge in [-0.05, 0) is 26.8 Å². The summed E-state index contributed by atoms with van der Waals surface area (Å²) >= 11 is 0. The summed E-state index contributed by atoms with van der Waals surface area (Å²) in [5, 5.41) is 10.3. The average molecular weight is 233 g/mol. The largest absolute Gasteiger partial charge is 0.375 e. The van der Waals surface area contributed by atoms with E-state index in [1.165, 1.54) is 6.07 Å². The molecule has 1 heterocycles. The first-order valence-corrected chi connectivity index (χ1v) is 5.62. The van der Waals surface area contributed by atoms with Crippen LogP contribution in [0.2, 0.25) is 0 Å². The lowest BCUT2D eigenvalue weighted by atomic mass is 10.1. The van der Waals surface area contributed by atoms with Gasteiger partial charge in [0.2, 0.25) is 0 Å². The zero-order valence-electron chi connectivity index (χ0n) is 10.2. The molecule has 1 unspecified atom stereocenters. The molecule has 0 radical (unpaired) electrons. The standard InChI is InChI=1S/C13H16FN3/c1-8(11-6-4-5-7-12(11)14)15-13-9(2)16-17-10(13)3/h4-8,15H,1-3H3,(H,16,17). The SMILES string of the molecule is Cc1n[nH]c(C)c1NC(C)c1ccccc1F. The third kappa shape index (κ3) is 2.30. The van der Waals surface area contributed by atoms with E-state index in [9.17, 15) is 4.39 Å². The lowest BCUT2D eigenvalue weighted by Gasteiger charge is -2.16. The predicted molar refractivity (Wildman–Crippen MR) is 66.5 cm³/mol. The number of aromatic amines is 1. The minimum Gasteiger partial charge on any atom is -0.375 e. The molecule has 0 amide bonds. The van der Waals surface area contributed by atoms with Crippen LogP contribution in [0.3, 0.4) is 0 Å². The maximum Gasteiger partial charge on any atom is 0.128 e. The number of rotatable bonds is 3. The fourth-order valence-electron chi connectivity index (χ4n) is 1.88. The maximum atomic E-state index is 13.6. The summed E-state index contributed by atoms with van der Waals surface area (Å²) in [6.07, 6.45) is 0. The monoisotopic (exact) mass is 233 g/mol. The summed E-state index contributed by atoms with van der Waals surface area (Å²) in [5.74, 6) is -0.189. The molecule has 90 valence electrons. The average Bonchev–Trinajstić information content (AvgIpc) is 2.61. The van der Waals surface area contributed by atoms with E-state index in [0.29, 0.717) is 5.56 Å². The number of hydrogen-bond donors (Lipinski definition) is 2. The molecule has 1 aromatic carbocycles. The van der Waals surface area contributed by atoms with E-state index in [4.69, 9.17) is 0 Å². The van der Waals surface area contributed by atoms with Crippen LogP contribution in [0.25, 0.3) is 0 Å². The number of nitrogens with one attached hydrogen (secondary N) is 2. The highest BCUT2D eigenvalue weighted by atomic mass is 19.1. The fraction of sp³-hybridized carbons (Fsp3) is 0.308. The van der Waals surface area contributed by atoms with Crippen molar-refractivity contribution in [1.29, 1.82) is 0 Å². The number of hydrogen-bond acceptors (Lipinski definition) is 2.